The zero-order valence-corrected chi connectivity index (χ0v) is 15.1. The van der Waals surface area contributed by atoms with Gasteiger partial charge >= 0.3 is 0 Å². The molecule has 0 aliphatic heterocycles. The Hall–Kier alpha value is -2.12. The van der Waals surface area contributed by atoms with Crippen LogP contribution in [0.25, 0.3) is 0 Å². The summed E-state index contributed by atoms with van der Waals surface area (Å²) in [5.41, 5.74) is 1.14. The number of thiocarbonyl (C=S) groups is 1. The molecule has 2 rings (SSSR count). The first-order valence-corrected chi connectivity index (χ1v) is 9.38. The third-order valence-electron chi connectivity index (χ3n) is 3.09. The molecule has 128 valence electrons. The van der Waals surface area contributed by atoms with Crippen molar-refractivity contribution < 1.29 is 17.9 Å². The molecule has 0 fully saturated rings. The average molecular weight is 365 g/mol. The van der Waals surface area contributed by atoms with E-state index in [0.29, 0.717) is 35.3 Å². The van der Waals surface area contributed by atoms with Crippen molar-refractivity contribution in [3.63, 3.8) is 0 Å². The summed E-state index contributed by atoms with van der Waals surface area (Å²) >= 11 is 5.10. The van der Waals surface area contributed by atoms with Gasteiger partial charge in [0.05, 0.1) is 18.1 Å². The highest BCUT2D eigenvalue weighted by molar-refractivity contribution is 7.92. The van der Waals surface area contributed by atoms with Crippen LogP contribution in [0.4, 0.5) is 5.69 Å². The Kier molecular flexibility index (Phi) is 6.16. The second kappa shape index (κ2) is 8.12. The van der Waals surface area contributed by atoms with Crippen LogP contribution in [0.5, 0.6) is 5.75 Å². The standard InChI is InChI=1S/C17H19NO4S2/c1-3-21-15-9-7-14(8-10-15)18-24(19,20)16-11-5-13(6-12-16)17(23)22-4-2/h5-12,18H,3-4H2,1-2H3. The molecule has 0 aliphatic carbocycles. The van der Waals surface area contributed by atoms with Gasteiger partial charge in [0.25, 0.3) is 10.0 Å². The van der Waals surface area contributed by atoms with Crippen molar-refractivity contribution in [1.82, 2.24) is 0 Å². The number of benzene rings is 2. The van der Waals surface area contributed by atoms with Crippen LogP contribution in [0.3, 0.4) is 0 Å². The molecule has 5 nitrogen and oxygen atoms in total. The molecule has 0 radical (unpaired) electrons. The lowest BCUT2D eigenvalue weighted by Gasteiger charge is -2.10. The van der Waals surface area contributed by atoms with Crippen LogP contribution < -0.4 is 9.46 Å². The summed E-state index contributed by atoms with van der Waals surface area (Å²) in [4.78, 5) is 0.152. The fourth-order valence-corrected chi connectivity index (χ4v) is 3.30. The molecule has 0 saturated carbocycles. The summed E-state index contributed by atoms with van der Waals surface area (Å²) in [6.07, 6.45) is 0. The first-order chi connectivity index (χ1) is 11.5. The van der Waals surface area contributed by atoms with E-state index in [1.54, 1.807) is 36.4 Å². The highest BCUT2D eigenvalue weighted by Crippen LogP contribution is 2.20. The van der Waals surface area contributed by atoms with Crippen LogP contribution >= 0.6 is 12.2 Å². The first-order valence-electron chi connectivity index (χ1n) is 7.49. The van der Waals surface area contributed by atoms with Gasteiger partial charge in [0.1, 0.15) is 5.75 Å². The van der Waals surface area contributed by atoms with Crippen LogP contribution in [-0.4, -0.2) is 26.7 Å². The topological polar surface area (TPSA) is 64.6 Å². The van der Waals surface area contributed by atoms with Crippen molar-refractivity contribution in [2.45, 2.75) is 18.7 Å². The molecule has 0 saturated heterocycles. The number of sulfonamides is 1. The van der Waals surface area contributed by atoms with Crippen molar-refractivity contribution in [2.24, 2.45) is 0 Å². The lowest BCUT2D eigenvalue weighted by molar-refractivity contribution is 0.337. The van der Waals surface area contributed by atoms with Crippen molar-refractivity contribution in [2.75, 3.05) is 17.9 Å². The molecular formula is C17H19NO4S2. The van der Waals surface area contributed by atoms with E-state index in [9.17, 15) is 8.42 Å². The Morgan fingerprint density at radius 1 is 1.00 bits per heavy atom. The number of rotatable bonds is 7. The summed E-state index contributed by atoms with van der Waals surface area (Å²) in [5, 5.41) is 0.348. The minimum absolute atomic E-state index is 0.152. The summed E-state index contributed by atoms with van der Waals surface area (Å²) < 4.78 is 37.9. The quantitative estimate of drug-likeness (QED) is 0.760. The average Bonchev–Trinajstić information content (AvgIpc) is 2.57. The molecule has 0 heterocycles. The molecule has 2 aromatic carbocycles. The van der Waals surface area contributed by atoms with Crippen LogP contribution in [0.1, 0.15) is 19.4 Å². The second-order valence-corrected chi connectivity index (χ2v) is 6.86. The van der Waals surface area contributed by atoms with E-state index in [1.807, 2.05) is 13.8 Å². The van der Waals surface area contributed by atoms with E-state index in [1.165, 1.54) is 12.1 Å². The molecular weight excluding hydrogens is 346 g/mol. The Labute approximate surface area is 147 Å². The van der Waals surface area contributed by atoms with Crippen molar-refractivity contribution in [3.8, 4) is 5.75 Å². The van der Waals surface area contributed by atoms with Gasteiger partial charge < -0.3 is 9.47 Å². The lowest BCUT2D eigenvalue weighted by Crippen LogP contribution is -2.13. The van der Waals surface area contributed by atoms with Crippen LogP contribution in [0.2, 0.25) is 0 Å². The van der Waals surface area contributed by atoms with E-state index < -0.39 is 10.0 Å². The first kappa shape index (κ1) is 18.2. The summed E-state index contributed by atoms with van der Waals surface area (Å²) in [6.45, 7) is 4.75. The maximum atomic E-state index is 12.4. The van der Waals surface area contributed by atoms with Crippen molar-refractivity contribution >= 4 is 33.0 Å². The van der Waals surface area contributed by atoms with Gasteiger partial charge in [-0.25, -0.2) is 8.42 Å². The molecule has 24 heavy (non-hydrogen) atoms. The molecule has 0 atom stereocenters. The van der Waals surface area contributed by atoms with E-state index in [-0.39, 0.29) is 4.90 Å². The van der Waals surface area contributed by atoms with Gasteiger partial charge in [-0.05, 0) is 74.6 Å². The summed E-state index contributed by atoms with van der Waals surface area (Å²) in [6, 6.07) is 13.0. The molecule has 0 bridgehead atoms. The van der Waals surface area contributed by atoms with Crippen molar-refractivity contribution in [3.05, 3.63) is 54.1 Å². The molecule has 0 amide bonds. The zero-order valence-electron chi connectivity index (χ0n) is 13.5. The van der Waals surface area contributed by atoms with Gasteiger partial charge in [0.15, 0.2) is 5.05 Å². The van der Waals surface area contributed by atoms with Gasteiger partial charge in [-0.3, -0.25) is 4.72 Å². The molecule has 1 N–H and O–H groups in total. The number of hydrogen-bond acceptors (Lipinski definition) is 5. The van der Waals surface area contributed by atoms with Gasteiger partial charge in [0, 0.05) is 11.3 Å². The maximum absolute atomic E-state index is 12.4. The largest absolute Gasteiger partial charge is 0.494 e. The fraction of sp³-hybridized carbons (Fsp3) is 0.235. The van der Waals surface area contributed by atoms with Gasteiger partial charge in [-0.2, -0.15) is 0 Å². The number of ether oxygens (including phenoxy) is 2. The molecule has 0 spiro atoms. The van der Waals surface area contributed by atoms with E-state index in [0.717, 1.165) is 0 Å². The smallest absolute Gasteiger partial charge is 0.261 e. The normalized spacial score (nSPS) is 10.9. The predicted octanol–water partition coefficient (Wildman–Crippen LogP) is 3.60. The van der Waals surface area contributed by atoms with Crippen LogP contribution in [0, 0.1) is 0 Å². The Bertz CT molecular complexity index is 784. The highest BCUT2D eigenvalue weighted by atomic mass is 32.2. The summed E-state index contributed by atoms with van der Waals surface area (Å²) in [5.74, 6) is 0.689. The number of anilines is 1. The van der Waals surface area contributed by atoms with Crippen molar-refractivity contribution in [1.29, 1.82) is 0 Å². The summed E-state index contributed by atoms with van der Waals surface area (Å²) in [7, 11) is -3.67. The SMILES string of the molecule is CCOC(=S)c1ccc(S(=O)(=O)Nc2ccc(OCC)cc2)cc1. The van der Waals surface area contributed by atoms with E-state index >= 15 is 0 Å². The fourth-order valence-electron chi connectivity index (χ4n) is 1.98. The maximum Gasteiger partial charge on any atom is 0.261 e. The third kappa shape index (κ3) is 4.69. The predicted molar refractivity (Wildman–Crippen MR) is 98.2 cm³/mol. The minimum Gasteiger partial charge on any atom is -0.494 e. The number of hydrogen-bond donors (Lipinski definition) is 1. The second-order valence-electron chi connectivity index (χ2n) is 4.81. The van der Waals surface area contributed by atoms with E-state index in [4.69, 9.17) is 21.7 Å². The Morgan fingerprint density at radius 3 is 2.17 bits per heavy atom. The van der Waals surface area contributed by atoms with Gasteiger partial charge in [0.2, 0.25) is 0 Å². The molecule has 0 aromatic heterocycles. The van der Waals surface area contributed by atoms with Gasteiger partial charge in [-0.15, -0.1) is 0 Å². The molecule has 0 aliphatic rings. The Balaban J connectivity index is 2.13. The lowest BCUT2D eigenvalue weighted by atomic mass is 10.2. The highest BCUT2D eigenvalue weighted by Gasteiger charge is 2.15. The third-order valence-corrected chi connectivity index (χ3v) is 4.84. The molecule has 2 aromatic rings. The van der Waals surface area contributed by atoms with Crippen LogP contribution in [-0.2, 0) is 14.8 Å². The zero-order chi connectivity index (χ0) is 17.6. The van der Waals surface area contributed by atoms with E-state index in [2.05, 4.69) is 4.72 Å². The monoisotopic (exact) mass is 365 g/mol. The van der Waals surface area contributed by atoms with Crippen LogP contribution in [0.15, 0.2) is 53.4 Å². The van der Waals surface area contributed by atoms with Gasteiger partial charge in [-0.1, -0.05) is 0 Å². The molecule has 7 heteroatoms. The molecule has 0 unspecified atom stereocenters. The minimum atomic E-state index is -3.67. The Morgan fingerprint density at radius 2 is 1.62 bits per heavy atom. The number of nitrogens with one attached hydrogen (secondary N) is 1.